The van der Waals surface area contributed by atoms with E-state index in [-0.39, 0.29) is 5.91 Å². The van der Waals surface area contributed by atoms with Crippen molar-refractivity contribution < 1.29 is 4.79 Å². The second kappa shape index (κ2) is 7.08. The van der Waals surface area contributed by atoms with E-state index in [2.05, 4.69) is 4.98 Å². The van der Waals surface area contributed by atoms with Gasteiger partial charge in [-0.25, -0.2) is 4.99 Å². The summed E-state index contributed by atoms with van der Waals surface area (Å²) < 4.78 is 0. The number of carbonyl (C=O) groups is 1. The second-order valence-electron chi connectivity index (χ2n) is 7.33. The van der Waals surface area contributed by atoms with E-state index in [4.69, 9.17) is 16.6 Å². The Bertz CT molecular complexity index is 1330. The number of aliphatic imine (C=N–C) groups is 1. The molecule has 0 unspecified atom stereocenters. The van der Waals surface area contributed by atoms with Gasteiger partial charge < -0.3 is 0 Å². The van der Waals surface area contributed by atoms with Gasteiger partial charge in [-0.15, -0.1) is 0 Å². The number of fused-ring (bicyclic) bond motifs is 2. The maximum atomic E-state index is 13.6. The third-order valence-electron chi connectivity index (χ3n) is 5.39. The van der Waals surface area contributed by atoms with E-state index in [1.165, 1.54) is 0 Å². The summed E-state index contributed by atoms with van der Waals surface area (Å²) in [5.41, 5.74) is 5.57. The smallest absolute Gasteiger partial charge is 0.266 e. The number of benzene rings is 3. The standard InChI is InChI=1S/C25H18ClN3O/c1-15-7-3-8-16(2)22(15)28-24-18-11-5-12-19(26)21(18)25(30)29(24)20-13-4-9-17-10-6-14-27-23(17)20/h3-14H,1-2H3. The number of halogens is 1. The molecule has 1 aliphatic rings. The minimum Gasteiger partial charge on any atom is -0.268 e. The molecule has 1 amide bonds. The summed E-state index contributed by atoms with van der Waals surface area (Å²) in [6.07, 6.45) is 1.73. The third kappa shape index (κ3) is 2.80. The Kier molecular flexibility index (Phi) is 4.37. The van der Waals surface area contributed by atoms with Crippen LogP contribution in [0.3, 0.4) is 0 Å². The molecule has 0 N–H and O–H groups in total. The Morgan fingerprint density at radius 1 is 0.900 bits per heavy atom. The molecule has 0 bridgehead atoms. The summed E-state index contributed by atoms with van der Waals surface area (Å²) in [6, 6.07) is 21.2. The SMILES string of the molecule is Cc1cccc(C)c1N=C1c2cccc(Cl)c2C(=O)N1c1cccc2cccnc12. The highest BCUT2D eigenvalue weighted by molar-refractivity contribution is 6.43. The van der Waals surface area contributed by atoms with Crippen LogP contribution in [0.1, 0.15) is 27.0 Å². The maximum absolute atomic E-state index is 13.6. The van der Waals surface area contributed by atoms with Gasteiger partial charge in [-0.05, 0) is 43.2 Å². The first kappa shape index (κ1) is 18.5. The van der Waals surface area contributed by atoms with Gasteiger partial charge in [-0.3, -0.25) is 14.7 Å². The highest BCUT2D eigenvalue weighted by Crippen LogP contribution is 2.37. The van der Waals surface area contributed by atoms with Crippen molar-refractivity contribution in [3.63, 3.8) is 0 Å². The topological polar surface area (TPSA) is 45.6 Å². The molecular formula is C25H18ClN3O. The zero-order valence-electron chi connectivity index (χ0n) is 16.6. The minimum absolute atomic E-state index is 0.196. The number of hydrogen-bond acceptors (Lipinski definition) is 3. The average molecular weight is 412 g/mol. The van der Waals surface area contributed by atoms with Crippen molar-refractivity contribution in [2.24, 2.45) is 4.99 Å². The number of aromatic nitrogens is 1. The van der Waals surface area contributed by atoms with E-state index in [9.17, 15) is 4.79 Å². The quantitative estimate of drug-likeness (QED) is 0.391. The number of rotatable bonds is 2. The summed E-state index contributed by atoms with van der Waals surface area (Å²) in [5.74, 6) is 0.367. The lowest BCUT2D eigenvalue weighted by molar-refractivity contribution is 0.101. The fraction of sp³-hybridized carbons (Fsp3) is 0.0800. The molecule has 0 radical (unpaired) electrons. The molecule has 0 atom stereocenters. The average Bonchev–Trinajstić information content (AvgIpc) is 3.03. The molecular weight excluding hydrogens is 394 g/mol. The third-order valence-corrected chi connectivity index (χ3v) is 5.71. The predicted molar refractivity (Wildman–Crippen MR) is 122 cm³/mol. The molecule has 5 rings (SSSR count). The van der Waals surface area contributed by atoms with Crippen molar-refractivity contribution in [3.05, 3.63) is 100 Å². The van der Waals surface area contributed by atoms with Gasteiger partial charge in [0.05, 0.1) is 27.5 Å². The van der Waals surface area contributed by atoms with Gasteiger partial charge in [0.15, 0.2) is 0 Å². The van der Waals surface area contributed by atoms with Crippen molar-refractivity contribution >= 4 is 45.6 Å². The van der Waals surface area contributed by atoms with Gasteiger partial charge in [-0.2, -0.15) is 0 Å². The van der Waals surface area contributed by atoms with Crippen LogP contribution in [0.15, 0.2) is 77.9 Å². The minimum atomic E-state index is -0.196. The van der Waals surface area contributed by atoms with Crippen LogP contribution in [-0.4, -0.2) is 16.7 Å². The zero-order valence-corrected chi connectivity index (χ0v) is 17.3. The van der Waals surface area contributed by atoms with Crippen LogP contribution in [0.25, 0.3) is 10.9 Å². The molecule has 0 saturated carbocycles. The first-order valence-corrected chi connectivity index (χ1v) is 10.1. The zero-order chi connectivity index (χ0) is 20.8. The Hall–Kier alpha value is -3.50. The van der Waals surface area contributed by atoms with Crippen molar-refractivity contribution in [2.75, 3.05) is 4.90 Å². The number of pyridine rings is 1. The van der Waals surface area contributed by atoms with Gasteiger partial charge in [0.1, 0.15) is 5.84 Å². The van der Waals surface area contributed by atoms with Gasteiger partial charge >= 0.3 is 0 Å². The molecule has 1 aromatic heterocycles. The molecule has 2 heterocycles. The fourth-order valence-electron chi connectivity index (χ4n) is 3.95. The number of amidine groups is 1. The van der Waals surface area contributed by atoms with Gasteiger partial charge in [0, 0.05) is 17.1 Å². The Morgan fingerprint density at radius 3 is 2.40 bits per heavy atom. The first-order chi connectivity index (χ1) is 14.6. The largest absolute Gasteiger partial charge is 0.268 e. The van der Waals surface area contributed by atoms with E-state index in [0.717, 1.165) is 33.3 Å². The molecule has 146 valence electrons. The van der Waals surface area contributed by atoms with Gasteiger partial charge in [-0.1, -0.05) is 60.1 Å². The van der Waals surface area contributed by atoms with Gasteiger partial charge in [0.2, 0.25) is 0 Å². The van der Waals surface area contributed by atoms with Crippen LogP contribution in [0.2, 0.25) is 5.02 Å². The predicted octanol–water partition coefficient (Wildman–Crippen LogP) is 6.24. The molecule has 3 aromatic carbocycles. The van der Waals surface area contributed by atoms with Crippen molar-refractivity contribution in [2.45, 2.75) is 13.8 Å². The summed E-state index contributed by atoms with van der Waals surface area (Å²) in [5, 5.41) is 1.37. The van der Waals surface area contributed by atoms with E-state index >= 15 is 0 Å². The molecule has 1 aliphatic heterocycles. The van der Waals surface area contributed by atoms with Crippen LogP contribution >= 0.6 is 11.6 Å². The number of para-hydroxylation sites is 2. The van der Waals surface area contributed by atoms with Crippen LogP contribution < -0.4 is 4.90 Å². The molecule has 0 saturated heterocycles. The highest BCUT2D eigenvalue weighted by atomic mass is 35.5. The lowest BCUT2D eigenvalue weighted by Gasteiger charge is -2.19. The lowest BCUT2D eigenvalue weighted by atomic mass is 10.1. The van der Waals surface area contributed by atoms with Crippen molar-refractivity contribution in [1.29, 1.82) is 0 Å². The molecule has 0 fully saturated rings. The van der Waals surface area contributed by atoms with Crippen LogP contribution in [-0.2, 0) is 0 Å². The normalized spacial score (nSPS) is 14.6. The van der Waals surface area contributed by atoms with Crippen molar-refractivity contribution in [3.8, 4) is 0 Å². The lowest BCUT2D eigenvalue weighted by Crippen LogP contribution is -2.30. The number of hydrogen-bond donors (Lipinski definition) is 0. The summed E-state index contributed by atoms with van der Waals surface area (Å²) in [7, 11) is 0. The molecule has 4 nitrogen and oxygen atoms in total. The summed E-state index contributed by atoms with van der Waals surface area (Å²) in [4.78, 5) is 24.7. The number of anilines is 1. The van der Waals surface area contributed by atoms with E-state index in [1.54, 1.807) is 17.2 Å². The van der Waals surface area contributed by atoms with Crippen molar-refractivity contribution in [1.82, 2.24) is 4.98 Å². The van der Waals surface area contributed by atoms with E-state index < -0.39 is 0 Å². The number of aryl methyl sites for hydroxylation is 2. The maximum Gasteiger partial charge on any atom is 0.266 e. The Labute approximate surface area is 179 Å². The monoisotopic (exact) mass is 411 g/mol. The molecule has 0 aliphatic carbocycles. The van der Waals surface area contributed by atoms with Crippen LogP contribution in [0.5, 0.6) is 0 Å². The fourth-order valence-corrected chi connectivity index (χ4v) is 4.20. The Morgan fingerprint density at radius 2 is 1.60 bits per heavy atom. The second-order valence-corrected chi connectivity index (χ2v) is 7.74. The molecule has 4 aromatic rings. The molecule has 30 heavy (non-hydrogen) atoms. The van der Waals surface area contributed by atoms with Crippen LogP contribution in [0.4, 0.5) is 11.4 Å². The molecule has 0 spiro atoms. The van der Waals surface area contributed by atoms with E-state index in [1.807, 2.05) is 74.5 Å². The summed E-state index contributed by atoms with van der Waals surface area (Å²) >= 11 is 6.45. The van der Waals surface area contributed by atoms with Gasteiger partial charge in [0.25, 0.3) is 5.91 Å². The highest BCUT2D eigenvalue weighted by Gasteiger charge is 2.37. The first-order valence-electron chi connectivity index (χ1n) is 9.68. The number of nitrogens with zero attached hydrogens (tertiary/aromatic N) is 3. The molecule has 5 heteroatoms. The summed E-state index contributed by atoms with van der Waals surface area (Å²) in [6.45, 7) is 4.04. The number of carbonyl (C=O) groups excluding carboxylic acids is 1. The van der Waals surface area contributed by atoms with E-state index in [0.29, 0.717) is 22.1 Å². The Balaban J connectivity index is 1.82. The van der Waals surface area contributed by atoms with Crippen LogP contribution in [0, 0.1) is 13.8 Å². The number of amides is 1.